The van der Waals surface area contributed by atoms with Gasteiger partial charge in [0.15, 0.2) is 5.11 Å². The van der Waals surface area contributed by atoms with Crippen molar-refractivity contribution >= 4 is 28.9 Å². The lowest BCUT2D eigenvalue weighted by Crippen LogP contribution is -2.35. The van der Waals surface area contributed by atoms with Crippen molar-refractivity contribution in [3.8, 4) is 0 Å². The number of likely N-dealkylation sites (tertiary alicyclic amines) is 1. The number of nitrogens with zero attached hydrogens (tertiary/aromatic N) is 1. The predicted octanol–water partition coefficient (Wildman–Crippen LogP) is 5.37. The molecule has 0 aliphatic carbocycles. The molecular weight excluding hydrogens is 378 g/mol. The lowest BCUT2D eigenvalue weighted by molar-refractivity contribution is 0.0724. The van der Waals surface area contributed by atoms with Crippen LogP contribution in [0.2, 0.25) is 0 Å². The summed E-state index contributed by atoms with van der Waals surface area (Å²) in [5.74, 6) is 0.123. The number of rotatable bonds is 5. The molecule has 1 aliphatic heterocycles. The zero-order valence-electron chi connectivity index (χ0n) is 17.6. The van der Waals surface area contributed by atoms with Crippen molar-refractivity contribution < 1.29 is 4.79 Å². The molecule has 1 aliphatic rings. The van der Waals surface area contributed by atoms with E-state index < -0.39 is 0 Å². The first kappa shape index (κ1) is 21.3. The number of amides is 1. The third-order valence-corrected chi connectivity index (χ3v) is 5.77. The number of carbonyl (C=O) groups is 1. The zero-order chi connectivity index (χ0) is 20.8. The van der Waals surface area contributed by atoms with Crippen molar-refractivity contribution in [2.75, 3.05) is 18.4 Å². The Balaban J connectivity index is 1.60. The lowest BCUT2D eigenvalue weighted by Gasteiger charge is -2.26. The van der Waals surface area contributed by atoms with Gasteiger partial charge in [-0.1, -0.05) is 30.7 Å². The fourth-order valence-corrected chi connectivity index (χ4v) is 4.18. The van der Waals surface area contributed by atoms with Crippen LogP contribution < -0.4 is 10.6 Å². The second-order valence-corrected chi connectivity index (χ2v) is 8.26. The van der Waals surface area contributed by atoms with Gasteiger partial charge in [-0.2, -0.15) is 0 Å². The molecule has 2 N–H and O–H groups in total. The average molecular weight is 410 g/mol. The van der Waals surface area contributed by atoms with Gasteiger partial charge in [0.05, 0.1) is 6.04 Å². The number of piperidine rings is 1. The molecular formula is C24H31N3OS. The summed E-state index contributed by atoms with van der Waals surface area (Å²) in [4.78, 5) is 14.5. The van der Waals surface area contributed by atoms with Crippen LogP contribution in [0.25, 0.3) is 0 Å². The molecule has 1 saturated heterocycles. The zero-order valence-corrected chi connectivity index (χ0v) is 18.4. The number of carbonyl (C=O) groups excluding carboxylic acids is 1. The Morgan fingerprint density at radius 3 is 2.38 bits per heavy atom. The maximum atomic E-state index is 12.6. The molecule has 0 spiro atoms. The van der Waals surface area contributed by atoms with Crippen molar-refractivity contribution in [2.45, 2.75) is 52.5 Å². The van der Waals surface area contributed by atoms with Crippen LogP contribution in [-0.4, -0.2) is 29.0 Å². The number of anilines is 1. The van der Waals surface area contributed by atoms with Crippen molar-refractivity contribution in [2.24, 2.45) is 0 Å². The Kier molecular flexibility index (Phi) is 7.26. The van der Waals surface area contributed by atoms with Gasteiger partial charge < -0.3 is 15.5 Å². The number of thiocarbonyl (C=S) groups is 1. The van der Waals surface area contributed by atoms with Gasteiger partial charge in [-0.05, 0) is 87.1 Å². The van der Waals surface area contributed by atoms with Gasteiger partial charge in [0, 0.05) is 24.3 Å². The molecule has 29 heavy (non-hydrogen) atoms. The molecule has 2 aromatic carbocycles. The van der Waals surface area contributed by atoms with Gasteiger partial charge in [-0.15, -0.1) is 0 Å². The third-order valence-electron chi connectivity index (χ3n) is 5.55. The van der Waals surface area contributed by atoms with E-state index in [9.17, 15) is 4.79 Å². The van der Waals surface area contributed by atoms with E-state index in [1.54, 1.807) is 0 Å². The fourth-order valence-electron chi connectivity index (χ4n) is 3.92. The Labute approximate surface area is 179 Å². The Morgan fingerprint density at radius 2 is 1.76 bits per heavy atom. The Bertz CT molecular complexity index is 857. The SMILES string of the molecule is CCC(NC(=S)Nc1ccc(C(=O)N2CCCCC2)cc1)c1ccc(C)cc1C. The van der Waals surface area contributed by atoms with Gasteiger partial charge in [0.25, 0.3) is 5.91 Å². The summed E-state index contributed by atoms with van der Waals surface area (Å²) in [6, 6.07) is 14.3. The van der Waals surface area contributed by atoms with E-state index in [0.717, 1.165) is 43.6 Å². The number of nitrogens with one attached hydrogen (secondary N) is 2. The molecule has 4 nitrogen and oxygen atoms in total. The van der Waals surface area contributed by atoms with Crippen LogP contribution in [0.1, 0.15) is 65.7 Å². The van der Waals surface area contributed by atoms with Gasteiger partial charge >= 0.3 is 0 Å². The van der Waals surface area contributed by atoms with Crippen molar-refractivity contribution in [1.29, 1.82) is 0 Å². The van der Waals surface area contributed by atoms with E-state index in [1.165, 1.54) is 23.1 Å². The molecule has 1 amide bonds. The highest BCUT2D eigenvalue weighted by Crippen LogP contribution is 2.22. The van der Waals surface area contributed by atoms with Crippen LogP contribution in [0.15, 0.2) is 42.5 Å². The molecule has 3 rings (SSSR count). The molecule has 1 fully saturated rings. The topological polar surface area (TPSA) is 44.4 Å². The first-order valence-corrected chi connectivity index (χ1v) is 10.9. The minimum absolute atomic E-state index is 0.123. The highest BCUT2D eigenvalue weighted by molar-refractivity contribution is 7.80. The third kappa shape index (κ3) is 5.57. The van der Waals surface area contributed by atoms with E-state index in [0.29, 0.717) is 5.11 Å². The Hall–Kier alpha value is -2.40. The maximum Gasteiger partial charge on any atom is 0.253 e. The standard InChI is InChI=1S/C24H31N3OS/c1-4-22(21-13-8-17(2)16-18(21)3)26-24(29)25-20-11-9-19(10-12-20)23(28)27-14-6-5-7-15-27/h8-13,16,22H,4-7,14-15H2,1-3H3,(H2,25,26,29). The maximum absolute atomic E-state index is 12.6. The van der Waals surface area contributed by atoms with E-state index in [1.807, 2.05) is 29.2 Å². The summed E-state index contributed by atoms with van der Waals surface area (Å²) >= 11 is 5.54. The quantitative estimate of drug-likeness (QED) is 0.652. The minimum atomic E-state index is 0.123. The first-order valence-electron chi connectivity index (χ1n) is 10.5. The molecule has 0 bridgehead atoms. The molecule has 5 heteroatoms. The molecule has 154 valence electrons. The summed E-state index contributed by atoms with van der Waals surface area (Å²) in [6.45, 7) is 8.13. The van der Waals surface area contributed by atoms with Crippen LogP contribution >= 0.6 is 12.2 Å². The van der Waals surface area contributed by atoms with Gasteiger partial charge in [0.1, 0.15) is 0 Å². The molecule has 0 saturated carbocycles. The Morgan fingerprint density at radius 1 is 1.07 bits per heavy atom. The van der Waals surface area contributed by atoms with Crippen LogP contribution in [0.5, 0.6) is 0 Å². The number of hydrogen-bond acceptors (Lipinski definition) is 2. The number of hydrogen-bond donors (Lipinski definition) is 2. The van der Waals surface area contributed by atoms with Gasteiger partial charge in [-0.3, -0.25) is 4.79 Å². The monoisotopic (exact) mass is 409 g/mol. The van der Waals surface area contributed by atoms with Gasteiger partial charge in [0.2, 0.25) is 0 Å². The largest absolute Gasteiger partial charge is 0.356 e. The first-order chi connectivity index (χ1) is 14.0. The smallest absolute Gasteiger partial charge is 0.253 e. The minimum Gasteiger partial charge on any atom is -0.356 e. The van der Waals surface area contributed by atoms with Crippen molar-refractivity contribution in [1.82, 2.24) is 10.2 Å². The molecule has 1 unspecified atom stereocenters. The van der Waals surface area contributed by atoms with Crippen LogP contribution in [0, 0.1) is 13.8 Å². The highest BCUT2D eigenvalue weighted by atomic mass is 32.1. The predicted molar refractivity (Wildman–Crippen MR) is 125 cm³/mol. The summed E-state index contributed by atoms with van der Waals surface area (Å²) in [5, 5.41) is 7.26. The fraction of sp³-hybridized carbons (Fsp3) is 0.417. The summed E-state index contributed by atoms with van der Waals surface area (Å²) < 4.78 is 0. The summed E-state index contributed by atoms with van der Waals surface area (Å²) in [7, 11) is 0. The average Bonchev–Trinajstić information content (AvgIpc) is 2.73. The van der Waals surface area contributed by atoms with Crippen molar-refractivity contribution in [3.05, 3.63) is 64.7 Å². The van der Waals surface area contributed by atoms with E-state index in [-0.39, 0.29) is 11.9 Å². The molecule has 1 atom stereocenters. The number of benzene rings is 2. The van der Waals surface area contributed by atoms with Crippen molar-refractivity contribution in [3.63, 3.8) is 0 Å². The normalized spacial score (nSPS) is 14.9. The number of aryl methyl sites for hydroxylation is 2. The molecule has 0 aromatic heterocycles. The molecule has 0 radical (unpaired) electrons. The van der Waals surface area contributed by atoms with E-state index in [4.69, 9.17) is 12.2 Å². The lowest BCUT2D eigenvalue weighted by atomic mass is 9.98. The van der Waals surface area contributed by atoms with E-state index >= 15 is 0 Å². The summed E-state index contributed by atoms with van der Waals surface area (Å²) in [5.41, 5.74) is 5.42. The second kappa shape index (κ2) is 9.88. The molecule has 2 aromatic rings. The second-order valence-electron chi connectivity index (χ2n) is 7.85. The molecule has 1 heterocycles. The summed E-state index contributed by atoms with van der Waals surface area (Å²) in [6.07, 6.45) is 4.36. The van der Waals surface area contributed by atoms with Crippen LogP contribution in [0.3, 0.4) is 0 Å². The van der Waals surface area contributed by atoms with Gasteiger partial charge in [-0.25, -0.2) is 0 Å². The van der Waals surface area contributed by atoms with Crippen LogP contribution in [0.4, 0.5) is 5.69 Å². The highest BCUT2D eigenvalue weighted by Gasteiger charge is 2.18. The van der Waals surface area contributed by atoms with Crippen LogP contribution in [-0.2, 0) is 0 Å². The van der Waals surface area contributed by atoms with E-state index in [2.05, 4.69) is 49.6 Å².